The topological polar surface area (TPSA) is 59.2 Å². The third-order valence-electron chi connectivity index (χ3n) is 7.99. The van der Waals surface area contributed by atoms with E-state index < -0.39 is 5.60 Å². The minimum atomic E-state index is -1.47. The molecule has 1 atom stereocenters. The minimum Gasteiger partial charge on any atom is -0.373 e. The van der Waals surface area contributed by atoms with E-state index in [1.165, 1.54) is 18.4 Å². The quantitative estimate of drug-likeness (QED) is 0.330. The summed E-state index contributed by atoms with van der Waals surface area (Å²) in [7, 11) is 0. The van der Waals surface area contributed by atoms with Crippen molar-refractivity contribution in [2.45, 2.75) is 36.0 Å². The normalized spacial score (nSPS) is 23.6. The van der Waals surface area contributed by atoms with E-state index in [-0.39, 0.29) is 0 Å². The van der Waals surface area contributed by atoms with Gasteiger partial charge in [-0.25, -0.2) is 0 Å². The van der Waals surface area contributed by atoms with Crippen LogP contribution in [-0.4, -0.2) is 44.6 Å². The van der Waals surface area contributed by atoms with Gasteiger partial charge in [-0.05, 0) is 22.6 Å². The maximum Gasteiger partial charge on any atom is 0.282 e. The van der Waals surface area contributed by atoms with Gasteiger partial charge < -0.3 is 14.1 Å². The molecule has 3 aromatic carbocycles. The molecule has 0 spiro atoms. The Kier molecular flexibility index (Phi) is 6.42. The summed E-state index contributed by atoms with van der Waals surface area (Å²) < 4.78 is 6.82. The van der Waals surface area contributed by atoms with Crippen LogP contribution in [0.3, 0.4) is 0 Å². The number of piperidine rings is 3. The van der Waals surface area contributed by atoms with Gasteiger partial charge in [-0.15, -0.1) is 11.8 Å². The number of hydrogen-bond donors (Lipinski definition) is 1. The zero-order valence-electron chi connectivity index (χ0n) is 20.4. The van der Waals surface area contributed by atoms with Crippen molar-refractivity contribution in [3.05, 3.63) is 119 Å². The summed E-state index contributed by atoms with van der Waals surface area (Å²) in [5, 5.41) is 17.0. The van der Waals surface area contributed by atoms with Crippen LogP contribution >= 0.6 is 11.8 Å². The first kappa shape index (κ1) is 23.5. The fourth-order valence-corrected chi connectivity index (χ4v) is 7.51. The van der Waals surface area contributed by atoms with Crippen LogP contribution < -0.4 is 0 Å². The maximum atomic E-state index is 12.0. The van der Waals surface area contributed by atoms with E-state index in [1.807, 2.05) is 60.7 Å². The molecule has 3 aliphatic rings. The molecule has 4 heterocycles. The number of aliphatic hydroxyl groups is 1. The number of quaternary nitrogens is 1. The van der Waals surface area contributed by atoms with Crippen LogP contribution in [0.2, 0.25) is 0 Å². The van der Waals surface area contributed by atoms with Crippen molar-refractivity contribution in [2.24, 2.45) is 5.92 Å². The molecule has 0 amide bonds. The lowest BCUT2D eigenvalue weighted by Gasteiger charge is -2.51. The summed E-state index contributed by atoms with van der Waals surface area (Å²) in [5.41, 5.74) is 1.39. The monoisotopic (exact) mass is 498 g/mol. The van der Waals surface area contributed by atoms with Crippen LogP contribution in [0.25, 0.3) is 0 Å². The zero-order chi connectivity index (χ0) is 24.4. The molecule has 7 rings (SSSR count). The molecular weight excluding hydrogens is 466 g/mol. The summed E-state index contributed by atoms with van der Waals surface area (Å²) in [5.74, 6) is 2.78. The van der Waals surface area contributed by atoms with Crippen molar-refractivity contribution in [1.29, 1.82) is 0 Å². The highest BCUT2D eigenvalue weighted by Crippen LogP contribution is 2.42. The first-order valence-corrected chi connectivity index (χ1v) is 13.9. The van der Waals surface area contributed by atoms with Gasteiger partial charge >= 0.3 is 0 Å². The molecule has 3 aliphatic heterocycles. The van der Waals surface area contributed by atoms with Crippen LogP contribution in [0.4, 0.5) is 0 Å². The molecule has 6 heteroatoms. The van der Waals surface area contributed by atoms with E-state index in [0.717, 1.165) is 53.5 Å². The van der Waals surface area contributed by atoms with E-state index in [1.54, 1.807) is 0 Å². The molecule has 1 N–H and O–H groups in total. The molecule has 5 nitrogen and oxygen atoms in total. The highest BCUT2D eigenvalue weighted by Gasteiger charge is 2.47. The van der Waals surface area contributed by atoms with E-state index in [2.05, 4.69) is 47.3 Å². The Hall–Kier alpha value is -2.93. The zero-order valence-corrected chi connectivity index (χ0v) is 21.2. The molecule has 0 radical (unpaired) electrons. The minimum absolute atomic E-state index is 0.301. The van der Waals surface area contributed by atoms with Gasteiger partial charge in [-0.2, -0.15) is 4.98 Å². The average molecular weight is 499 g/mol. The SMILES string of the molecule is OC(c1ccccc1)(c1ccccc1)c1noc(C[N+]23CCC(CC2)[C@@H](SCc2ccccc2)C3)n1. The predicted molar refractivity (Wildman–Crippen MR) is 142 cm³/mol. The molecule has 3 fully saturated rings. The van der Waals surface area contributed by atoms with Crippen LogP contribution in [0.5, 0.6) is 0 Å². The smallest absolute Gasteiger partial charge is 0.282 e. The van der Waals surface area contributed by atoms with Crippen molar-refractivity contribution in [3.8, 4) is 0 Å². The lowest BCUT2D eigenvalue weighted by atomic mass is 9.85. The van der Waals surface area contributed by atoms with Crippen LogP contribution in [0.1, 0.15) is 41.2 Å². The van der Waals surface area contributed by atoms with E-state index in [0.29, 0.717) is 17.0 Å². The van der Waals surface area contributed by atoms with Crippen molar-refractivity contribution < 1.29 is 14.1 Å². The Morgan fingerprint density at radius 2 is 1.44 bits per heavy atom. The molecular formula is C30H32N3O2S+. The maximum absolute atomic E-state index is 12.0. The molecule has 0 saturated carbocycles. The van der Waals surface area contributed by atoms with Gasteiger partial charge in [0.15, 0.2) is 12.1 Å². The fourth-order valence-electron chi connectivity index (χ4n) is 5.95. The second kappa shape index (κ2) is 9.85. The highest BCUT2D eigenvalue weighted by molar-refractivity contribution is 7.99. The van der Waals surface area contributed by atoms with Gasteiger partial charge in [0.1, 0.15) is 0 Å². The van der Waals surface area contributed by atoms with Gasteiger partial charge in [0.2, 0.25) is 5.82 Å². The van der Waals surface area contributed by atoms with Gasteiger partial charge in [0.25, 0.3) is 5.89 Å². The van der Waals surface area contributed by atoms with E-state index in [4.69, 9.17) is 9.51 Å². The number of nitrogens with zero attached hydrogens (tertiary/aromatic N) is 3. The molecule has 36 heavy (non-hydrogen) atoms. The number of benzene rings is 3. The largest absolute Gasteiger partial charge is 0.373 e. The Morgan fingerprint density at radius 1 is 0.861 bits per heavy atom. The van der Waals surface area contributed by atoms with Gasteiger partial charge in [-0.3, -0.25) is 0 Å². The van der Waals surface area contributed by atoms with Crippen LogP contribution in [0.15, 0.2) is 95.5 Å². The standard InChI is InChI=1S/C30H32N3O2S/c34-30(25-12-6-2-7-13-25,26-14-8-3-9-15-26)29-31-28(35-32-29)21-33-18-16-24(17-19-33)27(20-33)36-22-23-10-4-1-5-11-23/h1-15,24,27,34H,16-22H2/q+1/t24?,27-,33?/m0/s1. The van der Waals surface area contributed by atoms with Gasteiger partial charge in [-0.1, -0.05) is 96.2 Å². The first-order chi connectivity index (χ1) is 17.6. The van der Waals surface area contributed by atoms with Crippen molar-refractivity contribution >= 4 is 11.8 Å². The summed E-state index contributed by atoms with van der Waals surface area (Å²) in [4.78, 5) is 4.81. The van der Waals surface area contributed by atoms with Gasteiger partial charge in [0.05, 0.1) is 24.9 Å². The number of thioether (sulfide) groups is 1. The van der Waals surface area contributed by atoms with Crippen LogP contribution in [-0.2, 0) is 17.9 Å². The summed E-state index contributed by atoms with van der Waals surface area (Å²) in [6.45, 7) is 4.18. The van der Waals surface area contributed by atoms with Crippen LogP contribution in [0, 0.1) is 5.92 Å². The Labute approximate surface area is 216 Å². The van der Waals surface area contributed by atoms with Gasteiger partial charge in [0, 0.05) is 18.6 Å². The molecule has 2 bridgehead atoms. The lowest BCUT2D eigenvalue weighted by Crippen LogP contribution is -2.62. The number of hydrogen-bond acceptors (Lipinski definition) is 5. The third kappa shape index (κ3) is 4.49. The Bertz CT molecular complexity index is 1230. The molecule has 0 unspecified atom stereocenters. The lowest BCUT2D eigenvalue weighted by molar-refractivity contribution is -0.955. The average Bonchev–Trinajstić information content (AvgIpc) is 3.42. The first-order valence-electron chi connectivity index (χ1n) is 12.8. The molecule has 0 aliphatic carbocycles. The molecule has 3 saturated heterocycles. The summed E-state index contributed by atoms with van der Waals surface area (Å²) in [6.07, 6.45) is 2.51. The molecule has 4 aromatic rings. The van der Waals surface area contributed by atoms with Crippen molar-refractivity contribution in [1.82, 2.24) is 10.1 Å². The fraction of sp³-hybridized carbons (Fsp3) is 0.333. The molecule has 184 valence electrons. The van der Waals surface area contributed by atoms with Crippen molar-refractivity contribution in [3.63, 3.8) is 0 Å². The summed E-state index contributed by atoms with van der Waals surface area (Å²) >= 11 is 2.10. The van der Waals surface area contributed by atoms with E-state index >= 15 is 0 Å². The summed E-state index contributed by atoms with van der Waals surface area (Å²) in [6, 6.07) is 30.0. The molecule has 1 aromatic heterocycles. The Morgan fingerprint density at radius 3 is 2.06 bits per heavy atom. The third-order valence-corrected chi connectivity index (χ3v) is 9.46. The predicted octanol–water partition coefficient (Wildman–Crippen LogP) is 5.40. The van der Waals surface area contributed by atoms with E-state index in [9.17, 15) is 5.11 Å². The second-order valence-electron chi connectivity index (χ2n) is 10.3. The highest BCUT2D eigenvalue weighted by atomic mass is 32.2. The Balaban J connectivity index is 1.23. The second-order valence-corrected chi connectivity index (χ2v) is 11.5. The number of fused-ring (bicyclic) bond motifs is 3. The number of rotatable bonds is 8. The van der Waals surface area contributed by atoms with Crippen molar-refractivity contribution in [2.75, 3.05) is 19.6 Å². The number of aromatic nitrogens is 2.